The Morgan fingerprint density at radius 2 is 1.53 bits per heavy atom. The molecule has 11 nitrogen and oxygen atoms in total. The molecule has 3 atom stereocenters. The molecule has 3 aromatic carbocycles. The van der Waals surface area contributed by atoms with Gasteiger partial charge in [0.1, 0.15) is 46.6 Å². The number of hydrogen-bond donors (Lipinski definition) is 0. The third-order valence-corrected chi connectivity index (χ3v) is 10.9. The van der Waals surface area contributed by atoms with Crippen LogP contribution in [-0.4, -0.2) is 77.0 Å². The molecular weight excluding hydrogens is 780 g/mol. The summed E-state index contributed by atoms with van der Waals surface area (Å²) in [6, 6.07) is 17.0. The second kappa shape index (κ2) is 15.0. The Morgan fingerprint density at radius 3 is 2.12 bits per heavy atom. The number of piperazine rings is 1. The first-order chi connectivity index (χ1) is 27.6. The number of fused-ring (bicyclic) bond motifs is 5. The summed E-state index contributed by atoms with van der Waals surface area (Å²) in [5.74, 6) is 0.740. The van der Waals surface area contributed by atoms with Gasteiger partial charge >= 0.3 is 12.3 Å². The van der Waals surface area contributed by atoms with Crippen molar-refractivity contribution in [3.63, 3.8) is 0 Å². The first kappa shape index (κ1) is 39.3. The average Bonchev–Trinajstić information content (AvgIpc) is 3.42. The van der Waals surface area contributed by atoms with E-state index >= 15 is 4.39 Å². The number of carbonyl (C=O) groups is 1. The van der Waals surface area contributed by atoms with E-state index in [1.54, 1.807) is 69.1 Å². The second-order valence-corrected chi connectivity index (χ2v) is 15.9. The summed E-state index contributed by atoms with van der Waals surface area (Å²) in [6.07, 6.45) is -4.00. The van der Waals surface area contributed by atoms with Gasteiger partial charge in [-0.3, -0.25) is 4.90 Å². The number of nitrogens with zero attached hydrogens (tertiary/aromatic N) is 6. The molecule has 0 N–H and O–H groups in total. The van der Waals surface area contributed by atoms with Gasteiger partial charge in [-0.1, -0.05) is 24.3 Å². The van der Waals surface area contributed by atoms with Crippen LogP contribution in [0.1, 0.15) is 50.3 Å². The molecular formula is C42H41ClF4N6O5. The standard InChI is InChI=1S/C42H41ClF4N6O5/c1-41(2,3)58-40(54)53-25-10-16-30(53)31-22-57-32-18-28(35(44)37-34(32)38(52(31)21-25)50-39(43)49-37)36-29(42(45,46)47)15-17-33(48-36)51(19-23-6-11-26(55-4)12-7-23)20-24-8-13-27(56-5)14-9-24/h6-9,11-15,17-18,25,30-31H,10,16,19-22H2,1-5H3/t25-,30+,31-/m1/s1. The van der Waals surface area contributed by atoms with Gasteiger partial charge in [-0.05, 0) is 98.8 Å². The largest absolute Gasteiger partial charge is 0.497 e. The number of pyridine rings is 1. The van der Waals surface area contributed by atoms with Crippen LogP contribution >= 0.6 is 11.6 Å². The van der Waals surface area contributed by atoms with Gasteiger partial charge in [0, 0.05) is 25.2 Å². The van der Waals surface area contributed by atoms with Crippen molar-refractivity contribution >= 4 is 40.2 Å². The monoisotopic (exact) mass is 820 g/mol. The molecule has 58 heavy (non-hydrogen) atoms. The van der Waals surface area contributed by atoms with Crippen LogP contribution in [0.5, 0.6) is 17.2 Å². The second-order valence-electron chi connectivity index (χ2n) is 15.6. The first-order valence-corrected chi connectivity index (χ1v) is 19.2. The number of carbonyl (C=O) groups excluding carboxylic acids is 1. The minimum absolute atomic E-state index is 0.0158. The number of anilines is 2. The van der Waals surface area contributed by atoms with Crippen molar-refractivity contribution in [2.75, 3.05) is 37.2 Å². The highest BCUT2D eigenvalue weighted by Crippen LogP contribution is 2.47. The Hall–Kier alpha value is -5.57. The van der Waals surface area contributed by atoms with Crippen LogP contribution in [0.15, 0.2) is 66.7 Å². The van der Waals surface area contributed by atoms with Gasteiger partial charge in [0.2, 0.25) is 5.28 Å². The van der Waals surface area contributed by atoms with Gasteiger partial charge in [0.05, 0.1) is 49.0 Å². The molecule has 5 heterocycles. The highest BCUT2D eigenvalue weighted by Gasteiger charge is 2.51. The number of methoxy groups -OCH3 is 2. The van der Waals surface area contributed by atoms with Crippen LogP contribution < -0.4 is 24.0 Å². The number of hydrogen-bond acceptors (Lipinski definition) is 10. The minimum atomic E-state index is -4.91. The maximum atomic E-state index is 17.1. The Kier molecular flexibility index (Phi) is 10.1. The van der Waals surface area contributed by atoms with Gasteiger partial charge in [-0.15, -0.1) is 0 Å². The zero-order chi connectivity index (χ0) is 41.1. The zero-order valence-electron chi connectivity index (χ0n) is 32.4. The molecule has 16 heteroatoms. The highest BCUT2D eigenvalue weighted by atomic mass is 35.5. The number of amides is 1. The average molecular weight is 821 g/mol. The van der Waals surface area contributed by atoms with E-state index in [2.05, 4.69) is 15.0 Å². The predicted octanol–water partition coefficient (Wildman–Crippen LogP) is 9.08. The van der Waals surface area contributed by atoms with Gasteiger partial charge in [0.25, 0.3) is 0 Å². The molecule has 1 amide bonds. The summed E-state index contributed by atoms with van der Waals surface area (Å²) in [5, 5.41) is -0.126. The normalized spacial score (nSPS) is 18.7. The summed E-state index contributed by atoms with van der Waals surface area (Å²) in [5.41, 5.74) is -1.62. The summed E-state index contributed by atoms with van der Waals surface area (Å²) in [6.45, 7) is 6.23. The lowest BCUT2D eigenvalue weighted by Crippen LogP contribution is -2.63. The smallest absolute Gasteiger partial charge is 0.418 e. The molecule has 3 aliphatic rings. The molecule has 0 radical (unpaired) electrons. The van der Waals surface area contributed by atoms with Crippen LogP contribution in [0.2, 0.25) is 5.28 Å². The Bertz CT molecular complexity index is 2310. The SMILES string of the molecule is COc1ccc(CN(Cc2ccc(OC)cc2)c2ccc(C(F)(F)F)c(-c3cc4c5c(nc(Cl)nc5c3F)N3C[C@H]5CC[C@@H]([C@H]3CO4)N5C(=O)OC(C)(C)C)n2)cc1. The Balaban J connectivity index is 1.23. The molecule has 0 saturated carbocycles. The van der Waals surface area contributed by atoms with Gasteiger partial charge in [-0.25, -0.2) is 19.2 Å². The maximum absolute atomic E-state index is 17.1. The van der Waals surface area contributed by atoms with Crippen molar-refractivity contribution in [1.82, 2.24) is 19.9 Å². The lowest BCUT2D eigenvalue weighted by molar-refractivity contribution is -0.137. The van der Waals surface area contributed by atoms with Crippen LogP contribution in [0, 0.1) is 5.82 Å². The summed E-state index contributed by atoms with van der Waals surface area (Å²) >= 11 is 6.48. The van der Waals surface area contributed by atoms with Crippen LogP contribution in [0.4, 0.5) is 34.0 Å². The lowest BCUT2D eigenvalue weighted by atomic mass is 10.0. The maximum Gasteiger partial charge on any atom is 0.418 e. The van der Waals surface area contributed by atoms with Crippen molar-refractivity contribution in [1.29, 1.82) is 0 Å². The Morgan fingerprint density at radius 1 is 0.897 bits per heavy atom. The van der Waals surface area contributed by atoms with E-state index < -0.39 is 46.6 Å². The summed E-state index contributed by atoms with van der Waals surface area (Å²) < 4.78 is 84.6. The number of rotatable bonds is 8. The fourth-order valence-electron chi connectivity index (χ4n) is 8.13. The molecule has 2 aromatic heterocycles. The fourth-order valence-corrected chi connectivity index (χ4v) is 8.30. The van der Waals surface area contributed by atoms with Crippen molar-refractivity contribution in [3.05, 3.63) is 94.5 Å². The van der Waals surface area contributed by atoms with E-state index in [-0.39, 0.29) is 65.4 Å². The van der Waals surface area contributed by atoms with E-state index in [4.69, 9.17) is 30.5 Å². The van der Waals surface area contributed by atoms with Crippen molar-refractivity contribution in [2.24, 2.45) is 0 Å². The van der Waals surface area contributed by atoms with E-state index in [1.165, 1.54) is 12.1 Å². The zero-order valence-corrected chi connectivity index (χ0v) is 33.2. The van der Waals surface area contributed by atoms with E-state index in [1.807, 2.05) is 29.2 Å². The van der Waals surface area contributed by atoms with Gasteiger partial charge in [0.15, 0.2) is 5.82 Å². The number of aromatic nitrogens is 3. The van der Waals surface area contributed by atoms with Crippen LogP contribution in [-0.2, 0) is 24.0 Å². The third-order valence-electron chi connectivity index (χ3n) is 10.7. The number of benzene rings is 3. The quantitative estimate of drug-likeness (QED) is 0.111. The molecule has 5 aromatic rings. The first-order valence-electron chi connectivity index (χ1n) is 18.8. The van der Waals surface area contributed by atoms with Crippen molar-refractivity contribution in [2.45, 2.75) is 76.6 Å². The van der Waals surface area contributed by atoms with Crippen LogP contribution in [0.3, 0.4) is 0 Å². The molecule has 2 bridgehead atoms. The molecule has 3 aliphatic heterocycles. The molecule has 304 valence electrons. The topological polar surface area (TPSA) is 102 Å². The predicted molar refractivity (Wildman–Crippen MR) is 210 cm³/mol. The summed E-state index contributed by atoms with van der Waals surface area (Å²) in [4.78, 5) is 32.2. The van der Waals surface area contributed by atoms with E-state index in [0.29, 0.717) is 30.9 Å². The Labute approximate surface area is 337 Å². The minimum Gasteiger partial charge on any atom is -0.497 e. The number of alkyl halides is 3. The van der Waals surface area contributed by atoms with E-state index in [9.17, 15) is 18.0 Å². The molecule has 0 unspecified atom stereocenters. The van der Waals surface area contributed by atoms with Crippen molar-refractivity contribution < 1.29 is 41.3 Å². The summed E-state index contributed by atoms with van der Waals surface area (Å²) in [7, 11) is 3.11. The van der Waals surface area contributed by atoms with Crippen LogP contribution in [0.25, 0.3) is 22.2 Å². The molecule has 0 aliphatic carbocycles. The van der Waals surface area contributed by atoms with Gasteiger partial charge in [-0.2, -0.15) is 18.2 Å². The number of halogens is 5. The molecule has 2 fully saturated rings. The molecule has 0 spiro atoms. The molecule has 8 rings (SSSR count). The number of ether oxygens (including phenoxy) is 4. The highest BCUT2D eigenvalue weighted by molar-refractivity contribution is 6.29. The lowest BCUT2D eigenvalue weighted by Gasteiger charge is -2.46. The fraction of sp³-hybridized carbons (Fsp3) is 0.381. The van der Waals surface area contributed by atoms with Crippen molar-refractivity contribution in [3.8, 4) is 28.5 Å². The van der Waals surface area contributed by atoms with E-state index in [0.717, 1.165) is 17.2 Å². The molecule has 2 saturated heterocycles. The third kappa shape index (κ3) is 7.47. The van der Waals surface area contributed by atoms with Gasteiger partial charge < -0.3 is 28.7 Å².